The number of carbonyl (C=O) groups excluding carboxylic acids is 4. The van der Waals surface area contributed by atoms with Gasteiger partial charge in [0.25, 0.3) is 11.8 Å². The Morgan fingerprint density at radius 2 is 1.64 bits per heavy atom. The minimum absolute atomic E-state index is 0.0799. The van der Waals surface area contributed by atoms with Crippen molar-refractivity contribution >= 4 is 73.2 Å². The average Bonchev–Trinajstić information content (AvgIpc) is 4.25. The second kappa shape index (κ2) is 23.3. The van der Waals surface area contributed by atoms with Crippen LogP contribution in [0.1, 0.15) is 121 Å². The van der Waals surface area contributed by atoms with Crippen molar-refractivity contribution in [1.29, 1.82) is 0 Å². The Morgan fingerprint density at radius 3 is 2.31 bits per heavy atom. The molecule has 0 saturated carbocycles. The maximum absolute atomic E-state index is 14.5. The highest BCUT2D eigenvalue weighted by Crippen LogP contribution is 2.39. The van der Waals surface area contributed by atoms with E-state index in [1.165, 1.54) is 41.9 Å². The first kappa shape index (κ1) is 55.4. The van der Waals surface area contributed by atoms with E-state index in [9.17, 15) is 32.0 Å². The van der Waals surface area contributed by atoms with Gasteiger partial charge in [0, 0.05) is 85.8 Å². The van der Waals surface area contributed by atoms with Crippen LogP contribution in [0, 0.1) is 31.5 Å². The lowest BCUT2D eigenvalue weighted by atomic mass is 9.88. The lowest BCUT2D eigenvalue weighted by Gasteiger charge is -2.38. The summed E-state index contributed by atoms with van der Waals surface area (Å²) in [5.74, 6) is 0.175. The Bertz CT molecular complexity index is 3310. The number of aromatic amines is 1. The molecule has 23 heteroatoms. The second-order valence-corrected chi connectivity index (χ2v) is 24.8. The first-order valence-electron chi connectivity index (χ1n) is 26.4. The van der Waals surface area contributed by atoms with Crippen LogP contribution in [-0.2, 0) is 19.4 Å². The zero-order valence-electron chi connectivity index (χ0n) is 44.8. The summed E-state index contributed by atoms with van der Waals surface area (Å²) in [4.78, 5) is 83.2. The number of halogens is 1. The normalized spacial score (nSPS) is 17.0. The van der Waals surface area contributed by atoms with Gasteiger partial charge in [-0.15, -0.1) is 11.3 Å². The highest BCUT2D eigenvalue weighted by atomic mass is 32.2. The number of sulfone groups is 1. The van der Waals surface area contributed by atoms with Crippen molar-refractivity contribution in [2.45, 2.75) is 108 Å². The zero-order valence-corrected chi connectivity index (χ0v) is 46.4. The molecule has 4 aromatic heterocycles. The molecule has 7 heterocycles. The van der Waals surface area contributed by atoms with Gasteiger partial charge in [0.15, 0.2) is 15.7 Å². The topological polar surface area (TPSA) is 251 Å². The maximum Gasteiger partial charge on any atom is 0.267 e. The smallest absolute Gasteiger partial charge is 0.267 e. The number of aryl methyl sites for hydroxylation is 1. The van der Waals surface area contributed by atoms with Crippen LogP contribution in [0.3, 0.4) is 0 Å². The molecule has 0 unspecified atom stereocenters. The largest absolute Gasteiger partial charge is 0.492 e. The van der Waals surface area contributed by atoms with Crippen molar-refractivity contribution in [3.8, 4) is 5.75 Å². The summed E-state index contributed by atoms with van der Waals surface area (Å²) in [6, 6.07) is 7.25. The Labute approximate surface area is 457 Å². The number of nitrogens with zero attached hydrogens (tertiary/aromatic N) is 9. The Hall–Kier alpha value is -7.40. The third-order valence-corrected chi connectivity index (χ3v) is 18.6. The molecule has 78 heavy (non-hydrogen) atoms. The first-order valence-corrected chi connectivity index (χ1v) is 28.7. The van der Waals surface area contributed by atoms with Crippen molar-refractivity contribution in [2.75, 3.05) is 56.6 Å². The van der Waals surface area contributed by atoms with Gasteiger partial charge < -0.3 is 35.4 Å². The molecule has 20 nitrogen and oxygen atoms in total. The number of nitrogens with one attached hydrogen (secondary N) is 4. The summed E-state index contributed by atoms with van der Waals surface area (Å²) < 4.78 is 46.7. The first-order chi connectivity index (χ1) is 37.3. The number of hydrogen-bond donors (Lipinski definition) is 4. The fraction of sp³-hybridized carbons (Fsp3) is 0.455. The van der Waals surface area contributed by atoms with Gasteiger partial charge in [-0.1, -0.05) is 6.58 Å². The van der Waals surface area contributed by atoms with Gasteiger partial charge in [0.05, 0.1) is 34.2 Å². The van der Waals surface area contributed by atoms with Crippen molar-refractivity contribution in [3.05, 3.63) is 112 Å². The highest BCUT2D eigenvalue weighted by Gasteiger charge is 2.42. The molecular formula is C55H66FN13O7S2. The van der Waals surface area contributed by atoms with Gasteiger partial charge >= 0.3 is 0 Å². The van der Waals surface area contributed by atoms with E-state index in [1.54, 1.807) is 67.5 Å². The number of anilines is 3. The predicted molar refractivity (Wildman–Crippen MR) is 294 cm³/mol. The summed E-state index contributed by atoms with van der Waals surface area (Å²) in [6.45, 7) is 15.6. The summed E-state index contributed by atoms with van der Waals surface area (Å²) in [6.07, 6.45) is 10.2. The number of H-pyrrole nitrogens is 1. The highest BCUT2D eigenvalue weighted by molar-refractivity contribution is 7.92. The number of fused-ring (bicyclic) bond motifs is 1. The third kappa shape index (κ3) is 11.9. The van der Waals surface area contributed by atoms with E-state index in [4.69, 9.17) is 4.74 Å². The van der Waals surface area contributed by atoms with Crippen molar-refractivity contribution in [1.82, 2.24) is 55.6 Å². The van der Waals surface area contributed by atoms with Crippen LogP contribution in [0.2, 0.25) is 0 Å². The SMILES string of the molecule is C=C(NC)C(=O)N[C@H](C(=O)N1CCC[C@H]1c1nc(C(=O)c2ccc(F)cc2)cs1)C1CCN(C(=O)c2cnc(N3CCC(CCCOc4cc5ncnc(Nc6n[nH]c(C)c6C)c5cc4S(=O)(=O)C(C)(C)C)CC3)nc2)CC1. The van der Waals surface area contributed by atoms with Gasteiger partial charge in [0.2, 0.25) is 17.6 Å². The molecule has 3 aliphatic heterocycles. The van der Waals surface area contributed by atoms with Crippen molar-refractivity contribution in [3.63, 3.8) is 0 Å². The number of ketones is 1. The van der Waals surface area contributed by atoms with Crippen molar-refractivity contribution < 1.29 is 36.7 Å². The fourth-order valence-corrected chi connectivity index (χ4v) is 12.5. The number of hydrogen-bond acceptors (Lipinski definition) is 17. The molecule has 2 atom stereocenters. The number of ether oxygens (including phenoxy) is 1. The minimum Gasteiger partial charge on any atom is -0.492 e. The molecule has 4 N–H and O–H groups in total. The van der Waals surface area contributed by atoms with Crippen LogP contribution in [0.15, 0.2) is 77.7 Å². The molecule has 3 saturated heterocycles. The van der Waals surface area contributed by atoms with Crippen LogP contribution in [-0.4, -0.2) is 134 Å². The Morgan fingerprint density at radius 1 is 0.923 bits per heavy atom. The summed E-state index contributed by atoms with van der Waals surface area (Å²) in [5.41, 5.74) is 3.35. The molecule has 3 aliphatic rings. The molecule has 6 aromatic rings. The van der Waals surface area contributed by atoms with Crippen LogP contribution in [0.5, 0.6) is 5.75 Å². The van der Waals surface area contributed by atoms with E-state index >= 15 is 0 Å². The van der Waals surface area contributed by atoms with Crippen LogP contribution >= 0.6 is 11.3 Å². The van der Waals surface area contributed by atoms with Gasteiger partial charge in [-0.05, 0) is 128 Å². The monoisotopic (exact) mass is 1100 g/mol. The molecule has 0 bridgehead atoms. The Balaban J connectivity index is 0.770. The number of thiazole rings is 1. The van der Waals surface area contributed by atoms with Gasteiger partial charge in [-0.3, -0.25) is 24.3 Å². The fourth-order valence-electron chi connectivity index (χ4n) is 10.2. The number of carbonyl (C=O) groups is 4. The number of piperidine rings is 2. The molecule has 2 aromatic carbocycles. The van der Waals surface area contributed by atoms with E-state index in [-0.39, 0.29) is 45.6 Å². The number of aromatic nitrogens is 7. The van der Waals surface area contributed by atoms with Crippen LogP contribution in [0.4, 0.5) is 22.0 Å². The molecule has 412 valence electrons. The van der Waals surface area contributed by atoms with E-state index in [2.05, 4.69) is 62.5 Å². The van der Waals surface area contributed by atoms with Gasteiger partial charge in [-0.25, -0.2) is 37.7 Å². The number of benzene rings is 2. The third-order valence-electron chi connectivity index (χ3n) is 15.2. The van der Waals surface area contributed by atoms with Crippen LogP contribution < -0.4 is 25.6 Å². The van der Waals surface area contributed by atoms with Crippen molar-refractivity contribution in [2.24, 2.45) is 11.8 Å². The average molecular weight is 1100 g/mol. The molecule has 0 radical (unpaired) electrons. The minimum atomic E-state index is -3.84. The second-order valence-electron chi connectivity index (χ2n) is 21.2. The summed E-state index contributed by atoms with van der Waals surface area (Å²) in [7, 11) is -2.26. The van der Waals surface area contributed by atoms with E-state index in [0.29, 0.717) is 109 Å². The molecule has 3 fully saturated rings. The number of likely N-dealkylation sites (tertiary alicyclic amines) is 2. The maximum atomic E-state index is 14.5. The molecule has 3 amide bonds. The summed E-state index contributed by atoms with van der Waals surface area (Å²) in [5, 5.41) is 19.0. The zero-order chi connectivity index (χ0) is 55.5. The predicted octanol–water partition coefficient (Wildman–Crippen LogP) is 7.41. The Kier molecular flexibility index (Phi) is 16.5. The quantitative estimate of drug-likeness (QED) is 0.0371. The van der Waals surface area contributed by atoms with Gasteiger partial charge in [-0.2, -0.15) is 5.10 Å². The number of likely N-dealkylation sites (N-methyl/N-ethyl adjacent to an activating group) is 1. The van der Waals surface area contributed by atoms with E-state index in [1.807, 2.05) is 13.8 Å². The molecule has 0 aliphatic carbocycles. The van der Waals surface area contributed by atoms with Gasteiger partial charge in [0.1, 0.15) is 45.4 Å². The summed E-state index contributed by atoms with van der Waals surface area (Å²) >= 11 is 1.29. The standard InChI is InChI=1S/C55H66FN13O7S2/c1-32-33(2)65-66-48(32)64-49-40-26-45(78(74,75)55(4,5)6)44(27-41(40)60-31-61-49)76-25-9-10-35-16-21-68(22-17-35)54-58-28-38(29-59-54)52(72)67-23-18-36(19-24-67)46(63-50(71)34(3)57-7)53(73)69-20-8-11-43(69)51-62-42(30-77-51)47(70)37-12-14-39(56)15-13-37/h12-15,26-31,35-36,43,46,57H,3,8-11,16-25H2,1-2,4-7H3,(H,63,71)(H2,60,61,64,65,66)/t43-,46-/m0/s1. The lowest BCUT2D eigenvalue weighted by Crippen LogP contribution is -2.55. The number of rotatable bonds is 18. The molecule has 9 rings (SSSR count). The van der Waals surface area contributed by atoms with Crippen LogP contribution in [0.25, 0.3) is 10.9 Å². The molecular weight excluding hydrogens is 1040 g/mol. The molecule has 0 spiro atoms. The van der Waals surface area contributed by atoms with E-state index < -0.39 is 38.4 Å². The number of amides is 3. The lowest BCUT2D eigenvalue weighted by molar-refractivity contribution is -0.138. The van der Waals surface area contributed by atoms with E-state index in [0.717, 1.165) is 43.6 Å².